The summed E-state index contributed by atoms with van der Waals surface area (Å²) in [6, 6.07) is 1.85. The van der Waals surface area contributed by atoms with Gasteiger partial charge < -0.3 is 9.09 Å². The highest BCUT2D eigenvalue weighted by atomic mass is 35.5. The van der Waals surface area contributed by atoms with Crippen molar-refractivity contribution in [3.05, 3.63) is 29.9 Å². The van der Waals surface area contributed by atoms with Gasteiger partial charge in [-0.3, -0.25) is 4.98 Å². The molecule has 1 aliphatic rings. The van der Waals surface area contributed by atoms with Crippen LogP contribution in [0.2, 0.25) is 0 Å². The number of rotatable bonds is 6. The Morgan fingerprint density at radius 1 is 1.19 bits per heavy atom. The van der Waals surface area contributed by atoms with Gasteiger partial charge >= 0.3 is 12.1 Å². The minimum atomic E-state index is -5.88. The number of fused-ring (bicyclic) bond motifs is 1. The van der Waals surface area contributed by atoms with Gasteiger partial charge in [-0.15, -0.1) is 21.8 Å². The summed E-state index contributed by atoms with van der Waals surface area (Å²) in [6.07, 6.45) is -3.24. The summed E-state index contributed by atoms with van der Waals surface area (Å²) < 4.78 is 94.1. The van der Waals surface area contributed by atoms with Crippen LogP contribution in [0.5, 0.6) is 0 Å². The summed E-state index contributed by atoms with van der Waals surface area (Å²) in [7, 11) is -2.05. The van der Waals surface area contributed by atoms with Gasteiger partial charge in [0.25, 0.3) is 0 Å². The maximum Gasteiger partial charge on any atom is 0.459 e. The fourth-order valence-electron chi connectivity index (χ4n) is 3.48. The van der Waals surface area contributed by atoms with Crippen LogP contribution in [-0.2, 0) is 27.6 Å². The van der Waals surface area contributed by atoms with Gasteiger partial charge in [0.05, 0.1) is 14.6 Å². The van der Waals surface area contributed by atoms with Crippen molar-refractivity contribution >= 4 is 32.5 Å². The third-order valence-corrected chi connectivity index (χ3v) is 8.25. The average Bonchev–Trinajstić information content (AvgIpc) is 3.26. The van der Waals surface area contributed by atoms with Crippen LogP contribution in [0, 0.1) is 4.78 Å². The van der Waals surface area contributed by atoms with E-state index in [1.807, 2.05) is 0 Å². The summed E-state index contributed by atoms with van der Waals surface area (Å²) in [5, 5.41) is 10.4. The van der Waals surface area contributed by atoms with Crippen LogP contribution >= 0.6 is 11.6 Å². The number of nitrogens with zero attached hydrogens (tertiary/aromatic N) is 7. The Kier molecular flexibility index (Phi) is 5.57. The molecule has 5 rings (SSSR count). The molecule has 1 aliphatic carbocycles. The van der Waals surface area contributed by atoms with E-state index < -0.39 is 32.4 Å². The van der Waals surface area contributed by atoms with Crippen molar-refractivity contribution in [2.24, 2.45) is 7.05 Å². The Labute approximate surface area is 210 Å². The van der Waals surface area contributed by atoms with E-state index in [9.17, 15) is 26.2 Å². The SMILES string of the molecule is CCS(=N)(=O)c1cc(-c2noc(C3(Cl)CC3)n2)cnc1-c1nc2cc(C(F)(F)C(F)(F)F)nnc2n1C. The molecule has 0 aromatic carbocycles. The van der Waals surface area contributed by atoms with Gasteiger partial charge in [0.15, 0.2) is 11.5 Å². The number of nitrogens with one attached hydrogen (secondary N) is 1. The molecule has 0 amide bonds. The van der Waals surface area contributed by atoms with Gasteiger partial charge in [0, 0.05) is 24.6 Å². The van der Waals surface area contributed by atoms with Crippen molar-refractivity contribution < 1.29 is 30.7 Å². The zero-order valence-corrected chi connectivity index (χ0v) is 20.5. The summed E-state index contributed by atoms with van der Waals surface area (Å²) in [5.74, 6) is -5.11. The van der Waals surface area contributed by atoms with Gasteiger partial charge in [-0.05, 0) is 25.0 Å². The minimum absolute atomic E-state index is 0.0602. The maximum absolute atomic E-state index is 13.8. The van der Waals surface area contributed by atoms with Crippen LogP contribution in [-0.4, -0.2) is 51.0 Å². The summed E-state index contributed by atoms with van der Waals surface area (Å²) >= 11 is 6.30. The number of hydrogen-bond acceptors (Lipinski definition) is 9. The van der Waals surface area contributed by atoms with Gasteiger partial charge in [-0.25, -0.2) is 14.0 Å². The zero-order chi connectivity index (χ0) is 27.0. The Bertz CT molecular complexity index is 1650. The van der Waals surface area contributed by atoms with Crippen molar-refractivity contribution in [1.29, 1.82) is 4.78 Å². The second-order valence-electron chi connectivity index (χ2n) is 8.43. The summed E-state index contributed by atoms with van der Waals surface area (Å²) in [6.45, 7) is 1.52. The molecule has 1 unspecified atom stereocenters. The first-order valence-corrected chi connectivity index (χ1v) is 12.7. The molecule has 1 atom stereocenters. The lowest BCUT2D eigenvalue weighted by molar-refractivity contribution is -0.291. The van der Waals surface area contributed by atoms with E-state index in [1.54, 1.807) is 0 Å². The number of aromatic nitrogens is 7. The molecule has 4 aromatic rings. The molecular formula is C20H16ClF5N8O2S. The van der Waals surface area contributed by atoms with Crippen molar-refractivity contribution in [1.82, 2.24) is 34.9 Å². The van der Waals surface area contributed by atoms with Crippen molar-refractivity contribution in [3.63, 3.8) is 0 Å². The number of pyridine rings is 1. The summed E-state index contributed by atoms with van der Waals surface area (Å²) in [5.41, 5.74) is -1.86. The summed E-state index contributed by atoms with van der Waals surface area (Å²) in [4.78, 5) is 11.9. The van der Waals surface area contributed by atoms with E-state index in [0.717, 1.165) is 0 Å². The van der Waals surface area contributed by atoms with Crippen LogP contribution < -0.4 is 0 Å². The van der Waals surface area contributed by atoms with Gasteiger partial charge in [0.1, 0.15) is 21.8 Å². The van der Waals surface area contributed by atoms with Crippen LogP contribution in [0.1, 0.15) is 31.4 Å². The minimum Gasteiger partial charge on any atom is -0.337 e. The standard InChI is InChI=1S/C20H16ClF5N8O2S/c1-3-37(27,35)11-6-9(14-30-17(36-33-14)18(21)4-5-18)8-28-13(11)16-29-10-7-12(19(22,23)20(24,25)26)31-32-15(10)34(16)2/h6-8,27H,3-5H2,1-2H3. The molecule has 0 spiro atoms. The first-order chi connectivity index (χ1) is 17.2. The lowest BCUT2D eigenvalue weighted by Crippen LogP contribution is -2.34. The Balaban J connectivity index is 1.64. The topological polar surface area (TPSA) is 136 Å². The largest absolute Gasteiger partial charge is 0.459 e. The number of imidazole rings is 1. The van der Waals surface area contributed by atoms with Crippen LogP contribution in [0.15, 0.2) is 27.7 Å². The third kappa shape index (κ3) is 4.11. The van der Waals surface area contributed by atoms with Crippen molar-refractivity contribution in [2.75, 3.05) is 5.75 Å². The molecule has 1 fully saturated rings. The molecule has 4 heterocycles. The van der Waals surface area contributed by atoms with Gasteiger partial charge in [0.2, 0.25) is 11.7 Å². The van der Waals surface area contributed by atoms with Crippen molar-refractivity contribution in [2.45, 2.75) is 41.6 Å². The molecule has 0 aliphatic heterocycles. The number of alkyl halides is 6. The Morgan fingerprint density at radius 2 is 1.89 bits per heavy atom. The lowest BCUT2D eigenvalue weighted by Gasteiger charge is -2.17. The van der Waals surface area contributed by atoms with Crippen LogP contribution in [0.25, 0.3) is 34.1 Å². The molecule has 17 heteroatoms. The normalized spacial score (nSPS) is 17.2. The monoisotopic (exact) mass is 562 g/mol. The fraction of sp³-hybridized carbons (Fsp3) is 0.400. The highest BCUT2D eigenvalue weighted by Gasteiger charge is 2.60. The van der Waals surface area contributed by atoms with Gasteiger partial charge in [-0.2, -0.15) is 26.9 Å². The number of hydrogen-bond donors (Lipinski definition) is 1. The average molecular weight is 563 g/mol. The van der Waals surface area contributed by atoms with E-state index in [-0.39, 0.29) is 50.6 Å². The number of halogens is 6. The maximum atomic E-state index is 13.8. The molecule has 196 valence electrons. The van der Waals surface area contributed by atoms with Crippen LogP contribution in [0.3, 0.4) is 0 Å². The highest BCUT2D eigenvalue weighted by molar-refractivity contribution is 7.92. The molecule has 1 saturated carbocycles. The Hall–Kier alpha value is -3.27. The molecule has 0 bridgehead atoms. The molecule has 1 N–H and O–H groups in total. The molecule has 37 heavy (non-hydrogen) atoms. The van der Waals surface area contributed by atoms with Gasteiger partial charge in [-0.1, -0.05) is 12.1 Å². The van der Waals surface area contributed by atoms with E-state index >= 15 is 0 Å². The zero-order valence-electron chi connectivity index (χ0n) is 19.0. The third-order valence-electron chi connectivity index (χ3n) is 5.88. The quantitative estimate of drug-likeness (QED) is 0.262. The Morgan fingerprint density at radius 3 is 2.51 bits per heavy atom. The predicted molar refractivity (Wildman–Crippen MR) is 119 cm³/mol. The molecule has 4 aromatic heterocycles. The van der Waals surface area contributed by atoms with E-state index in [4.69, 9.17) is 20.9 Å². The smallest absolute Gasteiger partial charge is 0.337 e. The fourth-order valence-corrected chi connectivity index (χ4v) is 4.74. The highest BCUT2D eigenvalue weighted by Crippen LogP contribution is 2.51. The van der Waals surface area contributed by atoms with Crippen molar-refractivity contribution in [3.8, 4) is 22.9 Å². The second-order valence-corrected chi connectivity index (χ2v) is 11.5. The number of aryl methyl sites for hydroxylation is 1. The molecule has 0 saturated heterocycles. The molecule has 10 nitrogen and oxygen atoms in total. The molecule has 0 radical (unpaired) electrons. The predicted octanol–water partition coefficient (Wildman–Crippen LogP) is 4.78. The van der Waals surface area contributed by atoms with E-state index in [0.29, 0.717) is 18.9 Å². The lowest BCUT2D eigenvalue weighted by atomic mass is 10.2. The second kappa shape index (κ2) is 8.11. The van der Waals surface area contributed by atoms with E-state index in [1.165, 1.54) is 30.8 Å². The first-order valence-electron chi connectivity index (χ1n) is 10.6. The van der Waals surface area contributed by atoms with Crippen LogP contribution in [0.4, 0.5) is 22.0 Å². The first kappa shape index (κ1) is 25.4. The van der Waals surface area contributed by atoms with E-state index in [2.05, 4.69) is 30.3 Å². The molecular weight excluding hydrogens is 547 g/mol.